The highest BCUT2D eigenvalue weighted by atomic mass is 79.9. The van der Waals surface area contributed by atoms with Gasteiger partial charge in [0.2, 0.25) is 5.91 Å². The molecular weight excluding hydrogens is 296 g/mol. The number of halogens is 1. The highest BCUT2D eigenvalue weighted by Crippen LogP contribution is 2.18. The van der Waals surface area contributed by atoms with Gasteiger partial charge in [0.15, 0.2) is 0 Å². The van der Waals surface area contributed by atoms with Gasteiger partial charge in [-0.25, -0.2) is 0 Å². The van der Waals surface area contributed by atoms with E-state index in [1.165, 1.54) is 4.90 Å². The zero-order chi connectivity index (χ0) is 13.9. The van der Waals surface area contributed by atoms with Crippen LogP contribution in [0.15, 0.2) is 22.7 Å². The first-order valence-electron chi connectivity index (χ1n) is 5.68. The summed E-state index contributed by atoms with van der Waals surface area (Å²) in [6.45, 7) is 5.55. The lowest BCUT2D eigenvalue weighted by atomic mass is 10.1. The van der Waals surface area contributed by atoms with Gasteiger partial charge in [-0.05, 0) is 44.5 Å². The molecule has 0 unspecified atom stereocenters. The van der Waals surface area contributed by atoms with Gasteiger partial charge in [-0.1, -0.05) is 15.9 Å². The molecule has 0 aliphatic carbocycles. The highest BCUT2D eigenvalue weighted by molar-refractivity contribution is 9.10. The minimum absolute atomic E-state index is 0.0639. The average Bonchev–Trinajstić information content (AvgIpc) is 2.28. The van der Waals surface area contributed by atoms with Crippen molar-refractivity contribution in [1.29, 1.82) is 0 Å². The van der Waals surface area contributed by atoms with Crippen LogP contribution in [0, 0.1) is 6.92 Å². The molecule has 0 spiro atoms. The summed E-state index contributed by atoms with van der Waals surface area (Å²) in [6, 6.07) is 5.28. The van der Waals surface area contributed by atoms with Gasteiger partial charge in [0, 0.05) is 16.1 Å². The Bertz CT molecular complexity index is 472. The zero-order valence-electron chi connectivity index (χ0n) is 10.7. The molecule has 0 aliphatic rings. The molecule has 0 saturated carbocycles. The fourth-order valence-corrected chi connectivity index (χ4v) is 1.85. The SMILES string of the molecule is Cc1cc(C(=O)N(CC(N)=O)C(C)C)ccc1Br. The summed E-state index contributed by atoms with van der Waals surface area (Å²) in [4.78, 5) is 24.7. The first-order chi connectivity index (χ1) is 8.32. The molecule has 0 heterocycles. The minimum Gasteiger partial charge on any atom is -0.368 e. The van der Waals surface area contributed by atoms with Crippen molar-refractivity contribution in [1.82, 2.24) is 4.90 Å². The smallest absolute Gasteiger partial charge is 0.254 e. The fourth-order valence-electron chi connectivity index (χ4n) is 1.60. The fraction of sp³-hybridized carbons (Fsp3) is 0.385. The van der Waals surface area contributed by atoms with Crippen LogP contribution in [0.5, 0.6) is 0 Å². The Morgan fingerprint density at radius 2 is 2.00 bits per heavy atom. The Balaban J connectivity index is 3.02. The predicted molar refractivity (Wildman–Crippen MR) is 74.2 cm³/mol. The van der Waals surface area contributed by atoms with Crippen LogP contribution < -0.4 is 5.73 Å². The van der Waals surface area contributed by atoms with Crippen LogP contribution in [-0.2, 0) is 4.79 Å². The van der Waals surface area contributed by atoms with Crippen molar-refractivity contribution in [3.63, 3.8) is 0 Å². The van der Waals surface area contributed by atoms with Gasteiger partial charge in [0.25, 0.3) is 5.91 Å². The normalized spacial score (nSPS) is 10.5. The first kappa shape index (κ1) is 14.7. The summed E-state index contributed by atoms with van der Waals surface area (Å²) in [5.74, 6) is -0.690. The van der Waals surface area contributed by atoms with Crippen molar-refractivity contribution in [2.24, 2.45) is 5.73 Å². The van der Waals surface area contributed by atoms with E-state index in [4.69, 9.17) is 5.73 Å². The number of aryl methyl sites for hydroxylation is 1. The molecule has 0 fully saturated rings. The van der Waals surface area contributed by atoms with Gasteiger partial charge in [-0.15, -0.1) is 0 Å². The lowest BCUT2D eigenvalue weighted by Gasteiger charge is -2.25. The molecule has 0 saturated heterocycles. The van der Waals surface area contributed by atoms with Crippen LogP contribution in [0.4, 0.5) is 0 Å². The molecule has 5 heteroatoms. The molecular formula is C13H17BrN2O2. The number of hydrogen-bond donors (Lipinski definition) is 1. The van der Waals surface area contributed by atoms with E-state index in [2.05, 4.69) is 15.9 Å². The number of benzene rings is 1. The van der Waals surface area contributed by atoms with E-state index in [1.807, 2.05) is 26.8 Å². The number of nitrogens with zero attached hydrogens (tertiary/aromatic N) is 1. The maximum Gasteiger partial charge on any atom is 0.254 e. The van der Waals surface area contributed by atoms with Crippen LogP contribution in [0.2, 0.25) is 0 Å². The Morgan fingerprint density at radius 1 is 1.39 bits per heavy atom. The van der Waals surface area contributed by atoms with E-state index in [0.29, 0.717) is 5.56 Å². The second kappa shape index (κ2) is 6.00. The lowest BCUT2D eigenvalue weighted by Crippen LogP contribution is -2.42. The van der Waals surface area contributed by atoms with Crippen molar-refractivity contribution < 1.29 is 9.59 Å². The molecule has 2 amide bonds. The van der Waals surface area contributed by atoms with Gasteiger partial charge < -0.3 is 10.6 Å². The molecule has 1 aromatic rings. The van der Waals surface area contributed by atoms with Crippen molar-refractivity contribution >= 4 is 27.7 Å². The molecule has 18 heavy (non-hydrogen) atoms. The molecule has 1 aromatic carbocycles. The second-order valence-corrected chi connectivity index (χ2v) is 5.31. The Morgan fingerprint density at radius 3 is 2.44 bits per heavy atom. The van der Waals surface area contributed by atoms with E-state index >= 15 is 0 Å². The average molecular weight is 313 g/mol. The van der Waals surface area contributed by atoms with Crippen LogP contribution in [0.25, 0.3) is 0 Å². The molecule has 0 bridgehead atoms. The summed E-state index contributed by atoms with van der Waals surface area (Å²) < 4.78 is 0.949. The van der Waals surface area contributed by atoms with Crippen LogP contribution in [0.3, 0.4) is 0 Å². The quantitative estimate of drug-likeness (QED) is 0.925. The predicted octanol–water partition coefficient (Wildman–Crippen LogP) is 2.09. The largest absolute Gasteiger partial charge is 0.368 e. The van der Waals surface area contributed by atoms with E-state index in [-0.39, 0.29) is 18.5 Å². The minimum atomic E-state index is -0.508. The second-order valence-electron chi connectivity index (χ2n) is 4.46. The number of rotatable bonds is 4. The van der Waals surface area contributed by atoms with E-state index in [0.717, 1.165) is 10.0 Å². The number of hydrogen-bond acceptors (Lipinski definition) is 2. The van der Waals surface area contributed by atoms with Gasteiger partial charge >= 0.3 is 0 Å². The lowest BCUT2D eigenvalue weighted by molar-refractivity contribution is -0.119. The molecule has 0 atom stereocenters. The van der Waals surface area contributed by atoms with Crippen molar-refractivity contribution in [3.05, 3.63) is 33.8 Å². The van der Waals surface area contributed by atoms with Gasteiger partial charge in [-0.2, -0.15) is 0 Å². The molecule has 1 rings (SSSR count). The summed E-state index contributed by atoms with van der Waals surface area (Å²) in [7, 11) is 0. The number of carbonyl (C=O) groups excluding carboxylic acids is 2. The van der Waals surface area contributed by atoms with Crippen molar-refractivity contribution in [3.8, 4) is 0 Å². The van der Waals surface area contributed by atoms with Crippen LogP contribution in [0.1, 0.15) is 29.8 Å². The van der Waals surface area contributed by atoms with Crippen LogP contribution in [-0.4, -0.2) is 29.3 Å². The standard InChI is InChI=1S/C13H17BrN2O2/c1-8(2)16(7-12(15)17)13(18)10-4-5-11(14)9(3)6-10/h4-6,8H,7H2,1-3H3,(H2,15,17). The summed E-state index contributed by atoms with van der Waals surface area (Å²) in [5.41, 5.74) is 6.70. The molecule has 4 nitrogen and oxygen atoms in total. The van der Waals surface area contributed by atoms with Crippen molar-refractivity contribution in [2.75, 3.05) is 6.54 Å². The third-order valence-corrected chi connectivity index (χ3v) is 3.51. The molecule has 0 aromatic heterocycles. The Labute approximate surface area is 115 Å². The first-order valence-corrected chi connectivity index (χ1v) is 6.47. The van der Waals surface area contributed by atoms with Crippen LogP contribution >= 0.6 is 15.9 Å². The van der Waals surface area contributed by atoms with E-state index in [9.17, 15) is 9.59 Å². The van der Waals surface area contributed by atoms with Crippen molar-refractivity contribution in [2.45, 2.75) is 26.8 Å². The van der Waals surface area contributed by atoms with Gasteiger partial charge in [0.1, 0.15) is 0 Å². The maximum atomic E-state index is 12.3. The summed E-state index contributed by atoms with van der Waals surface area (Å²) in [5, 5.41) is 0. The van der Waals surface area contributed by atoms with E-state index in [1.54, 1.807) is 12.1 Å². The molecule has 98 valence electrons. The molecule has 0 aliphatic heterocycles. The summed E-state index contributed by atoms with van der Waals surface area (Å²) >= 11 is 3.39. The maximum absolute atomic E-state index is 12.3. The monoisotopic (exact) mass is 312 g/mol. The Hall–Kier alpha value is -1.36. The zero-order valence-corrected chi connectivity index (χ0v) is 12.3. The third kappa shape index (κ3) is 3.57. The highest BCUT2D eigenvalue weighted by Gasteiger charge is 2.20. The number of carbonyl (C=O) groups is 2. The topological polar surface area (TPSA) is 63.4 Å². The molecule has 0 radical (unpaired) electrons. The number of nitrogens with two attached hydrogens (primary N) is 1. The third-order valence-electron chi connectivity index (χ3n) is 2.62. The van der Waals surface area contributed by atoms with E-state index < -0.39 is 5.91 Å². The summed E-state index contributed by atoms with van der Waals surface area (Å²) in [6.07, 6.45) is 0. The van der Waals surface area contributed by atoms with Gasteiger partial charge in [-0.3, -0.25) is 9.59 Å². The van der Waals surface area contributed by atoms with Gasteiger partial charge in [0.05, 0.1) is 6.54 Å². The Kier molecular flexibility index (Phi) is 4.90. The number of primary amides is 1. The molecule has 2 N–H and O–H groups in total. The number of amides is 2.